The number of hydrogen-bond acceptors (Lipinski definition) is 10. The number of aliphatic hydroxyl groups is 2. The number of hydrogen-bond donors (Lipinski definition) is 2. The average Bonchev–Trinajstić information content (AvgIpc) is 3.02. The largest absolute Gasteiger partial charge is 0.457 e. The molecule has 3 heterocycles. The van der Waals surface area contributed by atoms with Crippen molar-refractivity contribution in [2.45, 2.75) is 75.1 Å². The van der Waals surface area contributed by atoms with Crippen LogP contribution in [0, 0.1) is 17.3 Å². The minimum Gasteiger partial charge on any atom is -0.457 e. The smallest absolute Gasteiger partial charge is 0.332 e. The molecule has 1 spiro atoms. The molecule has 4 rings (SSSR count). The molecule has 0 radical (unpaired) electrons. The minimum absolute atomic E-state index is 0.00676. The third-order valence-electron chi connectivity index (χ3n) is 7.98. The predicted molar refractivity (Wildman–Crippen MR) is 119 cm³/mol. The van der Waals surface area contributed by atoms with E-state index in [-0.39, 0.29) is 6.42 Å². The fourth-order valence-electron chi connectivity index (χ4n) is 6.39. The number of alkyl halides is 1. The van der Waals surface area contributed by atoms with Gasteiger partial charge in [0.25, 0.3) is 0 Å². The minimum atomic E-state index is -1.88. The Labute approximate surface area is 207 Å². The van der Waals surface area contributed by atoms with Gasteiger partial charge in [0.15, 0.2) is 23.1 Å². The number of carbonyl (C=O) groups is 4. The predicted octanol–water partition coefficient (Wildman–Crippen LogP) is 0.601. The fourth-order valence-corrected chi connectivity index (χ4v) is 6.73. The Morgan fingerprint density at radius 3 is 2.54 bits per heavy atom. The van der Waals surface area contributed by atoms with Gasteiger partial charge in [-0.1, -0.05) is 25.2 Å². The quantitative estimate of drug-likeness (QED) is 0.238. The molecule has 0 aromatic rings. The summed E-state index contributed by atoms with van der Waals surface area (Å²) in [6, 6.07) is 0. The van der Waals surface area contributed by atoms with Crippen LogP contribution >= 0.6 is 11.6 Å². The molecule has 3 saturated heterocycles. The topological polar surface area (TPSA) is 146 Å². The van der Waals surface area contributed by atoms with Crippen molar-refractivity contribution in [2.75, 3.05) is 6.61 Å². The number of rotatable bonds is 3. The first-order valence-electron chi connectivity index (χ1n) is 11.4. The normalized spacial score (nSPS) is 46.6. The molecule has 1 aliphatic carbocycles. The molecule has 10 nitrogen and oxygen atoms in total. The maximum absolute atomic E-state index is 13.3. The second-order valence-corrected chi connectivity index (χ2v) is 10.6. The Morgan fingerprint density at radius 1 is 1.29 bits per heavy atom. The lowest BCUT2D eigenvalue weighted by molar-refractivity contribution is -0.319. The number of aliphatic hydroxyl groups excluding tert-OH is 2. The Balaban J connectivity index is 2.06. The van der Waals surface area contributed by atoms with Gasteiger partial charge in [0.2, 0.25) is 0 Å². The molecular weight excluding hydrogens is 484 g/mol. The maximum Gasteiger partial charge on any atom is 0.332 e. The monoisotopic (exact) mass is 512 g/mol. The number of fused-ring (bicyclic) bond motifs is 3. The van der Waals surface area contributed by atoms with Crippen LogP contribution < -0.4 is 0 Å². The first-order valence-corrected chi connectivity index (χ1v) is 11.8. The lowest BCUT2D eigenvalue weighted by Crippen LogP contribution is -2.77. The average molecular weight is 513 g/mol. The van der Waals surface area contributed by atoms with Crippen LogP contribution in [0.5, 0.6) is 0 Å². The highest BCUT2D eigenvalue weighted by molar-refractivity contribution is 6.23. The molecule has 11 heteroatoms. The lowest BCUT2D eigenvalue weighted by Gasteiger charge is -2.63. The van der Waals surface area contributed by atoms with Crippen molar-refractivity contribution < 1.29 is 48.3 Å². The van der Waals surface area contributed by atoms with Gasteiger partial charge < -0.3 is 29.2 Å². The number of ketones is 1. The van der Waals surface area contributed by atoms with Crippen molar-refractivity contribution >= 4 is 35.3 Å². The lowest BCUT2D eigenvalue weighted by atomic mass is 9.52. The Hall–Kier alpha value is -2.27. The van der Waals surface area contributed by atoms with E-state index < -0.39 is 88.5 Å². The molecule has 10 atom stereocenters. The number of halogens is 1. The van der Waals surface area contributed by atoms with E-state index in [1.54, 1.807) is 6.92 Å². The fraction of sp³-hybridized carbons (Fsp3) is 0.667. The summed E-state index contributed by atoms with van der Waals surface area (Å²) in [5.74, 6) is -5.30. The molecule has 0 saturated carbocycles. The zero-order chi connectivity index (χ0) is 26.1. The summed E-state index contributed by atoms with van der Waals surface area (Å²) in [5, 5.41) is 19.8. The van der Waals surface area contributed by atoms with Crippen LogP contribution in [0.4, 0.5) is 0 Å². The summed E-state index contributed by atoms with van der Waals surface area (Å²) in [4.78, 5) is 50.9. The van der Waals surface area contributed by atoms with Crippen molar-refractivity contribution in [2.24, 2.45) is 17.3 Å². The molecule has 192 valence electrons. The van der Waals surface area contributed by atoms with Gasteiger partial charge in [0, 0.05) is 12.3 Å². The van der Waals surface area contributed by atoms with Gasteiger partial charge in [-0.25, -0.2) is 4.79 Å². The first kappa shape index (κ1) is 25.8. The molecule has 0 aromatic carbocycles. The van der Waals surface area contributed by atoms with Crippen LogP contribution in [0.15, 0.2) is 24.3 Å². The Kier molecular flexibility index (Phi) is 6.19. The van der Waals surface area contributed by atoms with E-state index in [4.69, 9.17) is 30.5 Å². The Morgan fingerprint density at radius 2 is 1.94 bits per heavy atom. The summed E-state index contributed by atoms with van der Waals surface area (Å²) in [6.45, 7) is 8.69. The van der Waals surface area contributed by atoms with E-state index in [0.717, 1.165) is 6.92 Å². The van der Waals surface area contributed by atoms with Crippen LogP contribution in [-0.2, 0) is 38.1 Å². The van der Waals surface area contributed by atoms with E-state index in [1.165, 1.54) is 26.0 Å². The summed E-state index contributed by atoms with van der Waals surface area (Å²) < 4.78 is 23.5. The molecule has 35 heavy (non-hydrogen) atoms. The van der Waals surface area contributed by atoms with Crippen molar-refractivity contribution in [3.05, 3.63) is 24.3 Å². The van der Waals surface area contributed by atoms with Crippen LogP contribution in [0.3, 0.4) is 0 Å². The summed E-state index contributed by atoms with van der Waals surface area (Å²) >= 11 is 6.69. The highest BCUT2D eigenvalue weighted by Crippen LogP contribution is 2.61. The van der Waals surface area contributed by atoms with Gasteiger partial charge in [-0.05, 0) is 26.3 Å². The standard InChI is InChI=1S/C24H29ClO10/c1-10-8-13(28)18-22(4)7-6-14(29)23(5,34-12(3)27)17(22)20(32-15(30)9-26)24(35-18)11(2)21(31)33-19(24)16(10)25/h6-7,11,13,16-20,26,28H,1,8-9H2,2-5H3/t11-,13+,16-,17+,18+,19-,20-,22-,23+,24?/m0/s1. The van der Waals surface area contributed by atoms with Gasteiger partial charge in [-0.2, -0.15) is 0 Å². The molecular formula is C24H29ClO10. The van der Waals surface area contributed by atoms with Gasteiger partial charge in [0.1, 0.15) is 12.7 Å². The number of carbonyl (C=O) groups excluding carboxylic acids is 4. The third-order valence-corrected chi connectivity index (χ3v) is 8.51. The van der Waals surface area contributed by atoms with Crippen molar-refractivity contribution in [3.63, 3.8) is 0 Å². The number of esters is 3. The molecule has 0 aromatic heterocycles. The summed E-state index contributed by atoms with van der Waals surface area (Å²) in [5.41, 5.74) is -4.52. The van der Waals surface area contributed by atoms with Crippen LogP contribution in [0.25, 0.3) is 0 Å². The van der Waals surface area contributed by atoms with E-state index in [2.05, 4.69) is 6.58 Å². The third kappa shape index (κ3) is 3.48. The zero-order valence-electron chi connectivity index (χ0n) is 19.9. The highest BCUT2D eigenvalue weighted by Gasteiger charge is 2.77. The molecule has 3 aliphatic heterocycles. The second kappa shape index (κ2) is 8.40. The van der Waals surface area contributed by atoms with Crippen LogP contribution in [-0.4, -0.2) is 81.5 Å². The van der Waals surface area contributed by atoms with Crippen LogP contribution in [0.1, 0.15) is 34.1 Å². The number of ether oxygens (including phenoxy) is 4. The molecule has 2 N–H and O–H groups in total. The molecule has 2 bridgehead atoms. The van der Waals surface area contributed by atoms with Gasteiger partial charge in [-0.3, -0.25) is 14.4 Å². The molecule has 3 fully saturated rings. The molecule has 1 unspecified atom stereocenters. The van der Waals surface area contributed by atoms with E-state index in [1.807, 2.05) is 0 Å². The second-order valence-electron chi connectivity index (χ2n) is 10.1. The van der Waals surface area contributed by atoms with Gasteiger partial charge >= 0.3 is 17.9 Å². The Bertz CT molecular complexity index is 1020. The van der Waals surface area contributed by atoms with Crippen molar-refractivity contribution in [1.29, 1.82) is 0 Å². The van der Waals surface area contributed by atoms with Crippen LogP contribution in [0.2, 0.25) is 0 Å². The van der Waals surface area contributed by atoms with Crippen molar-refractivity contribution in [1.82, 2.24) is 0 Å². The van der Waals surface area contributed by atoms with Crippen molar-refractivity contribution in [3.8, 4) is 0 Å². The summed E-state index contributed by atoms with van der Waals surface area (Å²) in [6.07, 6.45) is -2.13. The van der Waals surface area contributed by atoms with Gasteiger partial charge in [-0.15, -0.1) is 11.6 Å². The SMILES string of the molecule is C=C1C[C@@H](O)[C@H]2OC3([C@@H](C)C(=O)O[C@H]3[C@H]1Cl)[C@@H](OC(=O)CO)[C@@H]1[C@]2(C)C=CC(=O)[C@@]1(C)OC(C)=O. The highest BCUT2D eigenvalue weighted by atomic mass is 35.5. The zero-order valence-corrected chi connectivity index (χ0v) is 20.6. The molecule has 4 aliphatic rings. The van der Waals surface area contributed by atoms with E-state index >= 15 is 0 Å². The maximum atomic E-state index is 13.3. The summed E-state index contributed by atoms with van der Waals surface area (Å²) in [7, 11) is 0. The van der Waals surface area contributed by atoms with E-state index in [9.17, 15) is 29.4 Å². The first-order chi connectivity index (χ1) is 16.2. The van der Waals surface area contributed by atoms with E-state index in [0.29, 0.717) is 5.57 Å². The molecule has 0 amide bonds. The van der Waals surface area contributed by atoms with Gasteiger partial charge in [0.05, 0.1) is 29.4 Å².